The summed E-state index contributed by atoms with van der Waals surface area (Å²) in [6, 6.07) is 11.7. The number of rotatable bonds is 7. The third-order valence-corrected chi connectivity index (χ3v) is 5.27. The van der Waals surface area contributed by atoms with Gasteiger partial charge in [0.05, 0.1) is 23.8 Å². The van der Waals surface area contributed by atoms with Gasteiger partial charge in [-0.2, -0.15) is 0 Å². The highest BCUT2D eigenvalue weighted by Gasteiger charge is 2.17. The SMILES string of the molecule is COc1cc([N+](=O)[O-])ccc1NC(=O)[C@H](C)Nc1ccc(N2CCCCCC2)cc1. The summed E-state index contributed by atoms with van der Waals surface area (Å²) < 4.78 is 5.17. The van der Waals surface area contributed by atoms with E-state index >= 15 is 0 Å². The number of nitro groups is 1. The summed E-state index contributed by atoms with van der Waals surface area (Å²) in [4.78, 5) is 25.4. The summed E-state index contributed by atoms with van der Waals surface area (Å²) in [7, 11) is 1.41. The molecule has 1 atom stereocenters. The fourth-order valence-corrected chi connectivity index (χ4v) is 3.55. The first kappa shape index (κ1) is 21.4. The molecule has 1 fully saturated rings. The Hall–Kier alpha value is -3.29. The van der Waals surface area contributed by atoms with Crippen molar-refractivity contribution in [1.82, 2.24) is 0 Å². The van der Waals surface area contributed by atoms with Gasteiger partial charge in [-0.25, -0.2) is 0 Å². The molecule has 160 valence electrons. The lowest BCUT2D eigenvalue weighted by Gasteiger charge is -2.23. The molecule has 1 saturated heterocycles. The monoisotopic (exact) mass is 412 g/mol. The Labute approximate surface area is 176 Å². The molecule has 0 aliphatic carbocycles. The molecule has 30 heavy (non-hydrogen) atoms. The van der Waals surface area contributed by atoms with E-state index in [1.807, 2.05) is 12.1 Å². The van der Waals surface area contributed by atoms with Crippen LogP contribution in [0.15, 0.2) is 42.5 Å². The lowest BCUT2D eigenvalue weighted by atomic mass is 10.2. The van der Waals surface area contributed by atoms with Crippen molar-refractivity contribution in [2.24, 2.45) is 0 Å². The van der Waals surface area contributed by atoms with E-state index in [-0.39, 0.29) is 17.3 Å². The molecule has 0 spiro atoms. The fraction of sp³-hybridized carbons (Fsp3) is 0.409. The van der Waals surface area contributed by atoms with E-state index in [4.69, 9.17) is 4.74 Å². The lowest BCUT2D eigenvalue weighted by molar-refractivity contribution is -0.384. The second-order valence-electron chi connectivity index (χ2n) is 7.45. The van der Waals surface area contributed by atoms with Crippen LogP contribution in [0, 0.1) is 10.1 Å². The van der Waals surface area contributed by atoms with E-state index in [0.29, 0.717) is 5.69 Å². The third kappa shape index (κ3) is 5.40. The molecule has 1 heterocycles. The average Bonchev–Trinajstić information content (AvgIpc) is 3.04. The number of nitrogens with zero attached hydrogens (tertiary/aromatic N) is 2. The number of hydrogen-bond acceptors (Lipinski definition) is 6. The highest BCUT2D eigenvalue weighted by atomic mass is 16.6. The summed E-state index contributed by atoms with van der Waals surface area (Å²) in [5, 5.41) is 16.9. The summed E-state index contributed by atoms with van der Waals surface area (Å²) in [6.45, 7) is 3.93. The molecule has 2 aromatic carbocycles. The van der Waals surface area contributed by atoms with Crippen LogP contribution in [0.1, 0.15) is 32.6 Å². The first-order valence-corrected chi connectivity index (χ1v) is 10.2. The number of anilines is 3. The highest BCUT2D eigenvalue weighted by molar-refractivity contribution is 5.97. The van der Waals surface area contributed by atoms with Gasteiger partial charge in [-0.15, -0.1) is 0 Å². The molecule has 2 N–H and O–H groups in total. The zero-order valence-electron chi connectivity index (χ0n) is 17.4. The molecule has 0 unspecified atom stereocenters. The normalized spacial score (nSPS) is 15.1. The number of benzene rings is 2. The van der Waals surface area contributed by atoms with E-state index in [2.05, 4.69) is 27.7 Å². The molecule has 0 radical (unpaired) electrons. The van der Waals surface area contributed by atoms with Crippen LogP contribution in [0.3, 0.4) is 0 Å². The molecule has 0 bridgehead atoms. The van der Waals surface area contributed by atoms with Gasteiger partial charge in [0.2, 0.25) is 5.91 Å². The van der Waals surface area contributed by atoms with Crippen molar-refractivity contribution in [2.45, 2.75) is 38.6 Å². The van der Waals surface area contributed by atoms with Crippen LogP contribution in [0.4, 0.5) is 22.7 Å². The highest BCUT2D eigenvalue weighted by Crippen LogP contribution is 2.29. The molecule has 0 saturated carbocycles. The molecule has 0 aromatic heterocycles. The maximum atomic E-state index is 12.6. The van der Waals surface area contributed by atoms with Crippen molar-refractivity contribution in [2.75, 3.05) is 35.7 Å². The number of carbonyl (C=O) groups excluding carboxylic acids is 1. The summed E-state index contributed by atoms with van der Waals surface area (Å²) in [5.74, 6) is -0.0229. The van der Waals surface area contributed by atoms with Gasteiger partial charge in [-0.1, -0.05) is 12.8 Å². The second-order valence-corrected chi connectivity index (χ2v) is 7.45. The maximum Gasteiger partial charge on any atom is 0.273 e. The zero-order valence-corrected chi connectivity index (χ0v) is 17.4. The Balaban J connectivity index is 1.61. The minimum absolute atomic E-state index is 0.0967. The zero-order chi connectivity index (χ0) is 21.5. The standard InChI is InChI=1S/C22H28N4O4/c1-16(22(27)24-20-12-11-19(26(28)29)15-21(20)30-2)23-17-7-9-18(10-8-17)25-13-5-3-4-6-14-25/h7-12,15-16,23H,3-6,13-14H2,1-2H3,(H,24,27)/t16-/m0/s1. The van der Waals surface area contributed by atoms with Gasteiger partial charge < -0.3 is 20.3 Å². The van der Waals surface area contributed by atoms with Crippen molar-refractivity contribution in [3.05, 3.63) is 52.6 Å². The Bertz CT molecular complexity index is 877. The quantitative estimate of drug-likeness (QED) is 0.516. The van der Waals surface area contributed by atoms with Crippen LogP contribution in [-0.2, 0) is 4.79 Å². The molecule has 8 heteroatoms. The topological polar surface area (TPSA) is 96.7 Å². The first-order chi connectivity index (χ1) is 14.5. The van der Waals surface area contributed by atoms with Crippen molar-refractivity contribution >= 4 is 28.7 Å². The molecular weight excluding hydrogens is 384 g/mol. The molecule has 1 amide bonds. The smallest absolute Gasteiger partial charge is 0.273 e. The number of nitro benzene ring substituents is 1. The first-order valence-electron chi connectivity index (χ1n) is 10.2. The van der Waals surface area contributed by atoms with Crippen LogP contribution >= 0.6 is 0 Å². The van der Waals surface area contributed by atoms with Crippen LogP contribution in [-0.4, -0.2) is 37.1 Å². The van der Waals surface area contributed by atoms with E-state index in [1.54, 1.807) is 6.92 Å². The lowest BCUT2D eigenvalue weighted by Crippen LogP contribution is -2.32. The van der Waals surface area contributed by atoms with Gasteiger partial charge in [0.1, 0.15) is 11.8 Å². The minimum atomic E-state index is -0.506. The Morgan fingerprint density at radius 3 is 2.37 bits per heavy atom. The van der Waals surface area contributed by atoms with Crippen molar-refractivity contribution < 1.29 is 14.5 Å². The summed E-state index contributed by atoms with van der Waals surface area (Å²) in [6.07, 6.45) is 5.04. The predicted molar refractivity (Wildman–Crippen MR) is 118 cm³/mol. The van der Waals surface area contributed by atoms with Gasteiger partial charge in [-0.05, 0) is 50.1 Å². The molecule has 2 aromatic rings. The number of non-ortho nitro benzene ring substituents is 1. The Morgan fingerprint density at radius 2 is 1.77 bits per heavy atom. The van der Waals surface area contributed by atoms with Crippen LogP contribution in [0.5, 0.6) is 5.75 Å². The van der Waals surface area contributed by atoms with Gasteiger partial charge in [-0.3, -0.25) is 14.9 Å². The number of hydrogen-bond donors (Lipinski definition) is 2. The van der Waals surface area contributed by atoms with E-state index in [0.717, 1.165) is 18.8 Å². The average molecular weight is 412 g/mol. The van der Waals surface area contributed by atoms with E-state index in [1.165, 1.54) is 56.7 Å². The number of nitrogens with one attached hydrogen (secondary N) is 2. The number of ether oxygens (including phenoxy) is 1. The Morgan fingerprint density at radius 1 is 1.10 bits per heavy atom. The van der Waals surface area contributed by atoms with Crippen molar-refractivity contribution in [3.63, 3.8) is 0 Å². The number of carbonyl (C=O) groups is 1. The molecular formula is C22H28N4O4. The second kappa shape index (κ2) is 9.96. The molecule has 8 nitrogen and oxygen atoms in total. The Kier molecular flexibility index (Phi) is 7.11. The van der Waals surface area contributed by atoms with Gasteiger partial charge in [0.25, 0.3) is 5.69 Å². The van der Waals surface area contributed by atoms with Crippen molar-refractivity contribution in [1.29, 1.82) is 0 Å². The van der Waals surface area contributed by atoms with Gasteiger partial charge in [0, 0.05) is 30.5 Å². The maximum absolute atomic E-state index is 12.6. The number of methoxy groups -OCH3 is 1. The predicted octanol–water partition coefficient (Wildman–Crippen LogP) is 4.42. The fourth-order valence-electron chi connectivity index (χ4n) is 3.55. The number of amides is 1. The molecule has 3 rings (SSSR count). The van der Waals surface area contributed by atoms with Gasteiger partial charge >= 0.3 is 0 Å². The molecule has 1 aliphatic heterocycles. The van der Waals surface area contributed by atoms with Gasteiger partial charge in [0.15, 0.2) is 0 Å². The van der Waals surface area contributed by atoms with E-state index < -0.39 is 11.0 Å². The summed E-state index contributed by atoms with van der Waals surface area (Å²) >= 11 is 0. The van der Waals surface area contributed by atoms with Crippen molar-refractivity contribution in [3.8, 4) is 5.75 Å². The van der Waals surface area contributed by atoms with Crippen LogP contribution in [0.25, 0.3) is 0 Å². The third-order valence-electron chi connectivity index (χ3n) is 5.27. The molecule has 1 aliphatic rings. The van der Waals surface area contributed by atoms with Crippen LogP contribution in [0.2, 0.25) is 0 Å². The van der Waals surface area contributed by atoms with E-state index in [9.17, 15) is 14.9 Å². The summed E-state index contributed by atoms with van der Waals surface area (Å²) in [5.41, 5.74) is 2.35. The van der Waals surface area contributed by atoms with Crippen LogP contribution < -0.4 is 20.3 Å². The minimum Gasteiger partial charge on any atom is -0.494 e. The largest absolute Gasteiger partial charge is 0.494 e.